The van der Waals surface area contributed by atoms with E-state index in [9.17, 15) is 8.42 Å². The second-order valence-electron chi connectivity index (χ2n) is 2.29. The molecule has 0 radical (unpaired) electrons. The minimum atomic E-state index is -3.72. The van der Waals surface area contributed by atoms with Gasteiger partial charge in [-0.25, -0.2) is 13.1 Å². The van der Waals surface area contributed by atoms with Crippen LogP contribution in [0.3, 0.4) is 0 Å². The highest BCUT2D eigenvalue weighted by Crippen LogP contribution is 2.16. The maximum atomic E-state index is 11.5. The highest BCUT2D eigenvalue weighted by atomic mass is 79.9. The average molecular weight is 280 g/mol. The van der Waals surface area contributed by atoms with Crippen LogP contribution in [0.25, 0.3) is 0 Å². The largest absolute Gasteiger partial charge is 0.261 e. The number of hydrogen-bond donors (Lipinski definition) is 1. The van der Waals surface area contributed by atoms with Crippen LogP contribution in [0.5, 0.6) is 0 Å². The molecule has 0 atom stereocenters. The molecule has 1 N–H and O–H groups in total. The third-order valence-electron chi connectivity index (χ3n) is 1.33. The van der Waals surface area contributed by atoms with Crippen LogP contribution >= 0.6 is 15.9 Å². The van der Waals surface area contributed by atoms with E-state index in [4.69, 9.17) is 5.26 Å². The summed E-state index contributed by atoms with van der Waals surface area (Å²) < 4.78 is 26.3. The summed E-state index contributed by atoms with van der Waals surface area (Å²) in [5.41, 5.74) is 0. The Morgan fingerprint density at radius 1 is 1.71 bits per heavy atom. The van der Waals surface area contributed by atoms with Crippen LogP contribution in [0.15, 0.2) is 9.63 Å². The van der Waals surface area contributed by atoms with Crippen LogP contribution in [0, 0.1) is 11.3 Å². The molecule has 1 heterocycles. The lowest BCUT2D eigenvalue weighted by Crippen LogP contribution is -2.26. The Morgan fingerprint density at radius 3 is 2.79 bits per heavy atom. The molecule has 0 aliphatic heterocycles. The Kier molecular flexibility index (Phi) is 3.20. The first-order valence-electron chi connectivity index (χ1n) is 3.41. The molecule has 0 saturated carbocycles. The van der Waals surface area contributed by atoms with Gasteiger partial charge in [0.15, 0.2) is 4.60 Å². The number of halogens is 1. The monoisotopic (exact) mass is 279 g/mol. The second kappa shape index (κ2) is 4.04. The van der Waals surface area contributed by atoms with E-state index in [1.165, 1.54) is 7.05 Å². The Morgan fingerprint density at radius 2 is 2.36 bits per heavy atom. The number of nitrogens with zero attached hydrogens (tertiary/aromatic N) is 4. The van der Waals surface area contributed by atoms with Crippen molar-refractivity contribution in [3.05, 3.63) is 4.60 Å². The number of aromatic nitrogens is 3. The first-order valence-corrected chi connectivity index (χ1v) is 5.68. The minimum absolute atomic E-state index is 0.104. The minimum Gasteiger partial charge on any atom is -0.235 e. The van der Waals surface area contributed by atoms with E-state index < -0.39 is 10.0 Å². The molecule has 1 aromatic heterocycles. The molecule has 1 aromatic rings. The van der Waals surface area contributed by atoms with Gasteiger partial charge in [-0.3, -0.25) is 0 Å². The Bertz CT molecular complexity index is 453. The predicted molar refractivity (Wildman–Crippen MR) is 49.5 cm³/mol. The number of nitriles is 1. The molecular formula is C5H6BrN5O2S. The number of nitrogens with one attached hydrogen (secondary N) is 1. The maximum absolute atomic E-state index is 11.5. The molecule has 0 bridgehead atoms. The van der Waals surface area contributed by atoms with Crippen molar-refractivity contribution in [3.8, 4) is 6.07 Å². The van der Waals surface area contributed by atoms with Gasteiger partial charge in [0, 0.05) is 7.05 Å². The molecule has 14 heavy (non-hydrogen) atoms. The molecule has 0 saturated heterocycles. The zero-order valence-electron chi connectivity index (χ0n) is 7.10. The molecule has 0 fully saturated rings. The van der Waals surface area contributed by atoms with Gasteiger partial charge in [-0.1, -0.05) is 5.21 Å². The van der Waals surface area contributed by atoms with E-state index in [0.29, 0.717) is 0 Å². The molecule has 0 aliphatic rings. The zero-order valence-corrected chi connectivity index (χ0v) is 9.50. The van der Waals surface area contributed by atoms with Crippen molar-refractivity contribution in [2.24, 2.45) is 7.05 Å². The van der Waals surface area contributed by atoms with Crippen LogP contribution < -0.4 is 4.72 Å². The Balaban J connectivity index is 3.11. The topological polar surface area (TPSA) is 101 Å². The molecule has 76 valence electrons. The summed E-state index contributed by atoms with van der Waals surface area (Å²) in [6.07, 6.45) is 0. The Hall–Kier alpha value is -0.980. The van der Waals surface area contributed by atoms with Crippen molar-refractivity contribution < 1.29 is 8.42 Å². The molecule has 0 aromatic carbocycles. The normalized spacial score (nSPS) is 11.2. The lowest BCUT2D eigenvalue weighted by molar-refractivity contribution is 0.564. The predicted octanol–water partition coefficient (Wildman–Crippen LogP) is -0.621. The highest BCUT2D eigenvalue weighted by molar-refractivity contribution is 9.10. The van der Waals surface area contributed by atoms with Crippen LogP contribution in [0.4, 0.5) is 0 Å². The number of rotatable bonds is 3. The number of aryl methyl sites for hydroxylation is 1. The van der Waals surface area contributed by atoms with E-state index in [2.05, 4.69) is 31.0 Å². The van der Waals surface area contributed by atoms with Crippen LogP contribution in [-0.2, 0) is 17.1 Å². The number of hydrogen-bond acceptors (Lipinski definition) is 5. The van der Waals surface area contributed by atoms with Gasteiger partial charge in [-0.15, -0.1) is 5.10 Å². The van der Waals surface area contributed by atoms with Gasteiger partial charge < -0.3 is 0 Å². The van der Waals surface area contributed by atoms with E-state index in [0.717, 1.165) is 4.68 Å². The van der Waals surface area contributed by atoms with Crippen molar-refractivity contribution in [1.82, 2.24) is 19.7 Å². The van der Waals surface area contributed by atoms with Gasteiger partial charge in [-0.2, -0.15) is 9.98 Å². The van der Waals surface area contributed by atoms with Gasteiger partial charge in [0.1, 0.15) is 0 Å². The lowest BCUT2D eigenvalue weighted by atomic mass is 10.8. The van der Waals surface area contributed by atoms with E-state index in [1.807, 2.05) is 0 Å². The summed E-state index contributed by atoms with van der Waals surface area (Å²) in [6, 6.07) is 1.67. The quantitative estimate of drug-likeness (QED) is 0.743. The van der Waals surface area contributed by atoms with Gasteiger partial charge in [0.2, 0.25) is 5.03 Å². The standard InChI is InChI=1S/C5H6BrN5O2S/c1-11-5(4(6)9-10-11)14(12,13)8-3-2-7/h8H,3H2,1H3. The first-order chi connectivity index (χ1) is 6.49. The van der Waals surface area contributed by atoms with Crippen molar-refractivity contribution in [2.75, 3.05) is 6.54 Å². The zero-order chi connectivity index (χ0) is 10.8. The van der Waals surface area contributed by atoms with Crippen LogP contribution in [-0.4, -0.2) is 30.0 Å². The fourth-order valence-electron chi connectivity index (χ4n) is 0.804. The number of sulfonamides is 1. The third kappa shape index (κ3) is 2.09. The molecule has 1 rings (SSSR count). The fourth-order valence-corrected chi connectivity index (χ4v) is 2.81. The molecule has 0 spiro atoms. The van der Waals surface area contributed by atoms with Gasteiger partial charge >= 0.3 is 0 Å². The van der Waals surface area contributed by atoms with E-state index in [-0.39, 0.29) is 16.2 Å². The summed E-state index contributed by atoms with van der Waals surface area (Å²) in [5, 5.41) is 15.2. The van der Waals surface area contributed by atoms with Gasteiger partial charge in [-0.05, 0) is 15.9 Å². The van der Waals surface area contributed by atoms with Crippen LogP contribution in [0.1, 0.15) is 0 Å². The third-order valence-corrected chi connectivity index (χ3v) is 3.62. The maximum Gasteiger partial charge on any atom is 0.261 e. The molecular weight excluding hydrogens is 274 g/mol. The summed E-state index contributed by atoms with van der Waals surface area (Å²) in [6.45, 7) is -0.292. The molecule has 9 heteroatoms. The van der Waals surface area contributed by atoms with Gasteiger partial charge in [0.05, 0.1) is 12.6 Å². The van der Waals surface area contributed by atoms with Crippen molar-refractivity contribution >= 4 is 26.0 Å². The highest BCUT2D eigenvalue weighted by Gasteiger charge is 2.22. The summed E-state index contributed by atoms with van der Waals surface area (Å²) >= 11 is 2.95. The smallest absolute Gasteiger partial charge is 0.235 e. The van der Waals surface area contributed by atoms with Crippen molar-refractivity contribution in [1.29, 1.82) is 5.26 Å². The summed E-state index contributed by atoms with van der Waals surface area (Å²) in [7, 11) is -2.28. The van der Waals surface area contributed by atoms with E-state index >= 15 is 0 Å². The average Bonchev–Trinajstić information content (AvgIpc) is 2.43. The molecule has 0 amide bonds. The lowest BCUT2D eigenvalue weighted by Gasteiger charge is -2.02. The fraction of sp³-hybridized carbons (Fsp3) is 0.400. The Labute approximate surface area is 88.9 Å². The van der Waals surface area contributed by atoms with Crippen molar-refractivity contribution in [3.63, 3.8) is 0 Å². The van der Waals surface area contributed by atoms with Crippen LogP contribution in [0.2, 0.25) is 0 Å². The SMILES string of the molecule is Cn1nnc(Br)c1S(=O)(=O)NCC#N. The first kappa shape index (κ1) is 11.1. The molecule has 0 aliphatic carbocycles. The summed E-state index contributed by atoms with van der Waals surface area (Å²) in [4.78, 5) is 0. The van der Waals surface area contributed by atoms with Gasteiger partial charge in [0.25, 0.3) is 10.0 Å². The molecule has 0 unspecified atom stereocenters. The molecule has 7 nitrogen and oxygen atoms in total. The summed E-state index contributed by atoms with van der Waals surface area (Å²) in [5.74, 6) is 0. The van der Waals surface area contributed by atoms with E-state index in [1.54, 1.807) is 6.07 Å². The van der Waals surface area contributed by atoms with Crippen molar-refractivity contribution in [2.45, 2.75) is 5.03 Å². The second-order valence-corrected chi connectivity index (χ2v) is 4.73.